The van der Waals surface area contributed by atoms with Crippen molar-refractivity contribution >= 4 is 11.0 Å². The van der Waals surface area contributed by atoms with E-state index in [-0.39, 0.29) is 0 Å². The molecule has 2 N–H and O–H groups in total. The minimum Gasteiger partial charge on any atom is -0.497 e. The van der Waals surface area contributed by atoms with Crippen molar-refractivity contribution in [3.05, 3.63) is 36.7 Å². The molecule has 0 aliphatic rings. The summed E-state index contributed by atoms with van der Waals surface area (Å²) in [6.07, 6.45) is 2.98. The predicted octanol–water partition coefficient (Wildman–Crippen LogP) is 1.99. The summed E-state index contributed by atoms with van der Waals surface area (Å²) in [6, 6.07) is 6.15. The molecular formula is C15H22N3O+. The molecule has 2 aromatic rings. The van der Waals surface area contributed by atoms with Crippen molar-refractivity contribution in [2.75, 3.05) is 7.11 Å². The minimum absolute atomic E-state index is 0.519. The number of hydrogen-bond donors (Lipinski definition) is 1. The molecule has 1 heterocycles. The summed E-state index contributed by atoms with van der Waals surface area (Å²) >= 11 is 0. The number of methoxy groups -OCH3 is 1. The number of rotatable bonds is 6. The Morgan fingerprint density at radius 3 is 2.84 bits per heavy atom. The van der Waals surface area contributed by atoms with Gasteiger partial charge in [0, 0.05) is 6.07 Å². The molecule has 4 nitrogen and oxygen atoms in total. The van der Waals surface area contributed by atoms with E-state index >= 15 is 0 Å². The van der Waals surface area contributed by atoms with Crippen molar-refractivity contribution in [1.82, 2.24) is 4.57 Å². The third-order valence-electron chi connectivity index (χ3n) is 3.33. The Morgan fingerprint density at radius 1 is 1.47 bits per heavy atom. The number of imidazole rings is 1. The van der Waals surface area contributed by atoms with E-state index < -0.39 is 0 Å². The second-order valence-corrected chi connectivity index (χ2v) is 4.53. The first-order chi connectivity index (χ1) is 9.26. The monoisotopic (exact) mass is 260 g/mol. The lowest BCUT2D eigenvalue weighted by atomic mass is 10.3. The van der Waals surface area contributed by atoms with Crippen molar-refractivity contribution in [2.45, 2.75) is 33.0 Å². The first-order valence-electron chi connectivity index (χ1n) is 6.66. The van der Waals surface area contributed by atoms with Crippen molar-refractivity contribution < 1.29 is 9.30 Å². The van der Waals surface area contributed by atoms with Crippen LogP contribution in [0.15, 0.2) is 30.9 Å². The lowest BCUT2D eigenvalue weighted by Gasteiger charge is -2.00. The number of nitrogens with zero attached hydrogens (tertiary/aromatic N) is 2. The van der Waals surface area contributed by atoms with Gasteiger partial charge in [-0.15, -0.1) is 0 Å². The zero-order valence-electron chi connectivity index (χ0n) is 11.7. The Morgan fingerprint density at radius 2 is 2.26 bits per heavy atom. The van der Waals surface area contributed by atoms with Crippen LogP contribution >= 0.6 is 0 Å². The highest BCUT2D eigenvalue weighted by molar-refractivity contribution is 5.74. The van der Waals surface area contributed by atoms with Crippen molar-refractivity contribution in [2.24, 2.45) is 5.73 Å². The fourth-order valence-electron chi connectivity index (χ4n) is 2.52. The molecule has 102 valence electrons. The molecule has 0 radical (unpaired) electrons. The van der Waals surface area contributed by atoms with Crippen LogP contribution in [-0.2, 0) is 19.6 Å². The highest BCUT2D eigenvalue weighted by Gasteiger charge is 2.22. The van der Waals surface area contributed by atoms with Crippen LogP contribution in [0, 0.1) is 0 Å². The second kappa shape index (κ2) is 5.89. The Kier molecular flexibility index (Phi) is 4.22. The van der Waals surface area contributed by atoms with Crippen molar-refractivity contribution in [3.63, 3.8) is 0 Å². The van der Waals surface area contributed by atoms with Crippen LogP contribution < -0.4 is 15.0 Å². The van der Waals surface area contributed by atoms with Crippen molar-refractivity contribution in [1.29, 1.82) is 0 Å². The largest absolute Gasteiger partial charge is 0.497 e. The summed E-state index contributed by atoms with van der Waals surface area (Å²) in [5, 5.41) is 0. The molecule has 0 atom stereocenters. The molecule has 19 heavy (non-hydrogen) atoms. The van der Waals surface area contributed by atoms with Crippen LogP contribution in [0.25, 0.3) is 11.0 Å². The van der Waals surface area contributed by atoms with Crippen LogP contribution in [0.2, 0.25) is 0 Å². The highest BCUT2D eigenvalue weighted by atomic mass is 16.5. The summed E-state index contributed by atoms with van der Waals surface area (Å²) in [4.78, 5) is 0. The van der Waals surface area contributed by atoms with Gasteiger partial charge in [-0.25, -0.2) is 9.13 Å². The third-order valence-corrected chi connectivity index (χ3v) is 3.33. The van der Waals surface area contributed by atoms with Crippen LogP contribution in [0.4, 0.5) is 0 Å². The molecule has 0 spiro atoms. The molecule has 0 amide bonds. The smallest absolute Gasteiger partial charge is 0.271 e. The average molecular weight is 260 g/mol. The van der Waals surface area contributed by atoms with Gasteiger partial charge >= 0.3 is 0 Å². The number of aromatic nitrogens is 2. The first kappa shape index (κ1) is 13.6. The molecule has 0 aliphatic heterocycles. The summed E-state index contributed by atoms with van der Waals surface area (Å²) < 4.78 is 9.82. The fourth-order valence-corrected chi connectivity index (χ4v) is 2.52. The average Bonchev–Trinajstić information content (AvgIpc) is 2.73. The van der Waals surface area contributed by atoms with Gasteiger partial charge in [-0.3, -0.25) is 0 Å². The minimum atomic E-state index is 0.519. The van der Waals surface area contributed by atoms with E-state index in [0.29, 0.717) is 6.54 Å². The molecule has 2 rings (SSSR count). The quantitative estimate of drug-likeness (QED) is 0.637. The number of aryl methyl sites for hydroxylation is 1. The molecular weight excluding hydrogens is 238 g/mol. The maximum Gasteiger partial charge on any atom is 0.271 e. The summed E-state index contributed by atoms with van der Waals surface area (Å²) in [5.41, 5.74) is 8.28. The molecule has 0 fully saturated rings. The van der Waals surface area contributed by atoms with Gasteiger partial charge in [0.15, 0.2) is 11.0 Å². The van der Waals surface area contributed by atoms with Gasteiger partial charge in [0.05, 0.1) is 20.2 Å². The zero-order valence-corrected chi connectivity index (χ0v) is 11.7. The van der Waals surface area contributed by atoms with E-state index in [0.717, 1.165) is 36.6 Å². The third kappa shape index (κ3) is 2.36. The molecule has 1 aromatic heterocycles. The van der Waals surface area contributed by atoms with Gasteiger partial charge in [0.25, 0.3) is 5.82 Å². The van der Waals surface area contributed by atoms with Crippen LogP contribution in [0.3, 0.4) is 0 Å². The fraction of sp³-hybridized carbons (Fsp3) is 0.400. The van der Waals surface area contributed by atoms with Crippen LogP contribution in [0.1, 0.15) is 19.2 Å². The van der Waals surface area contributed by atoms with Crippen LogP contribution in [0.5, 0.6) is 5.75 Å². The molecule has 0 saturated carbocycles. The van der Waals surface area contributed by atoms with Gasteiger partial charge in [-0.2, -0.15) is 0 Å². The molecule has 0 aliphatic carbocycles. The number of ether oxygens (including phenoxy) is 1. The van der Waals surface area contributed by atoms with Gasteiger partial charge in [-0.05, 0) is 18.6 Å². The standard InChI is InChI=1S/C15H22N3O/c1-4-8-17-13-7-6-12(19-3)10-14(13)18(9-5-2)15(17)11-16/h5-7,10H,2,4,8-9,11,16H2,1,3H3/q+1. The Labute approximate surface area is 114 Å². The Bertz CT molecular complexity index is 587. The highest BCUT2D eigenvalue weighted by Crippen LogP contribution is 2.21. The molecule has 0 saturated heterocycles. The summed E-state index contributed by atoms with van der Waals surface area (Å²) in [5.74, 6) is 1.99. The summed E-state index contributed by atoms with van der Waals surface area (Å²) in [6.45, 7) is 8.26. The number of nitrogens with two attached hydrogens (primary N) is 1. The summed E-state index contributed by atoms with van der Waals surface area (Å²) in [7, 11) is 1.69. The Balaban J connectivity index is 2.73. The second-order valence-electron chi connectivity index (χ2n) is 4.53. The molecule has 0 bridgehead atoms. The van der Waals surface area contributed by atoms with Gasteiger partial charge in [0.1, 0.15) is 12.3 Å². The van der Waals surface area contributed by atoms with E-state index in [1.54, 1.807) is 7.11 Å². The predicted molar refractivity (Wildman–Crippen MR) is 77.1 cm³/mol. The maximum absolute atomic E-state index is 5.94. The van der Waals surface area contributed by atoms with Crippen molar-refractivity contribution in [3.8, 4) is 5.75 Å². The van der Waals surface area contributed by atoms with E-state index in [2.05, 4.69) is 34.8 Å². The zero-order chi connectivity index (χ0) is 13.8. The molecule has 1 aromatic carbocycles. The van der Waals surface area contributed by atoms with E-state index in [1.807, 2.05) is 12.1 Å². The lowest BCUT2D eigenvalue weighted by molar-refractivity contribution is -0.679. The van der Waals surface area contributed by atoms with E-state index in [9.17, 15) is 0 Å². The SMILES string of the molecule is C=CCn1c(CN)[n+](CCC)c2ccc(OC)cc21. The van der Waals surface area contributed by atoms with Gasteiger partial charge < -0.3 is 10.5 Å². The number of benzene rings is 1. The maximum atomic E-state index is 5.94. The number of fused-ring (bicyclic) bond motifs is 1. The van der Waals surface area contributed by atoms with E-state index in [1.165, 1.54) is 5.52 Å². The Hall–Kier alpha value is -1.81. The molecule has 4 heteroatoms. The topological polar surface area (TPSA) is 44.1 Å². The van der Waals surface area contributed by atoms with E-state index in [4.69, 9.17) is 10.5 Å². The number of allylic oxidation sites excluding steroid dienone is 1. The normalized spacial score (nSPS) is 10.9. The van der Waals surface area contributed by atoms with Gasteiger partial charge in [0.2, 0.25) is 0 Å². The number of hydrogen-bond acceptors (Lipinski definition) is 2. The van der Waals surface area contributed by atoms with Crippen LogP contribution in [-0.4, -0.2) is 11.7 Å². The molecule has 0 unspecified atom stereocenters. The lowest BCUT2D eigenvalue weighted by Crippen LogP contribution is -2.39. The first-order valence-corrected chi connectivity index (χ1v) is 6.66. The van der Waals surface area contributed by atoms with Gasteiger partial charge in [-0.1, -0.05) is 19.6 Å².